The Labute approximate surface area is 206 Å². The van der Waals surface area contributed by atoms with E-state index >= 15 is 0 Å². The predicted octanol–water partition coefficient (Wildman–Crippen LogP) is 4.14. The first-order valence-corrected chi connectivity index (χ1v) is 12.2. The number of ketones is 2. The van der Waals surface area contributed by atoms with Crippen LogP contribution in [-0.2, 0) is 6.54 Å². The van der Waals surface area contributed by atoms with Crippen molar-refractivity contribution in [2.75, 3.05) is 24.3 Å². The first-order chi connectivity index (χ1) is 16.9. The van der Waals surface area contributed by atoms with Crippen molar-refractivity contribution in [1.82, 2.24) is 15.3 Å². The molecular weight excluding hydrogens is 438 g/mol. The Morgan fingerprint density at radius 3 is 2.14 bits per heavy atom. The third-order valence-electron chi connectivity index (χ3n) is 6.95. The van der Waals surface area contributed by atoms with Gasteiger partial charge in [0.25, 0.3) is 0 Å². The smallest absolute Gasteiger partial charge is 0.194 e. The zero-order valence-electron chi connectivity index (χ0n) is 20.5. The molecule has 2 aliphatic rings. The molecule has 1 heterocycles. The fourth-order valence-electron chi connectivity index (χ4n) is 5.02. The van der Waals surface area contributed by atoms with Gasteiger partial charge >= 0.3 is 0 Å². The number of aromatic nitrogens is 2. The van der Waals surface area contributed by atoms with E-state index in [0.717, 1.165) is 48.7 Å². The zero-order valence-corrected chi connectivity index (χ0v) is 20.5. The molecule has 5 rings (SSSR count). The zero-order chi connectivity index (χ0) is 24.5. The van der Waals surface area contributed by atoms with E-state index in [2.05, 4.69) is 20.6 Å². The summed E-state index contributed by atoms with van der Waals surface area (Å²) in [5.41, 5.74) is 3.03. The maximum Gasteiger partial charge on any atom is 0.194 e. The van der Waals surface area contributed by atoms with E-state index < -0.39 is 0 Å². The van der Waals surface area contributed by atoms with Crippen LogP contribution < -0.4 is 15.5 Å². The van der Waals surface area contributed by atoms with Gasteiger partial charge in [-0.3, -0.25) is 9.59 Å². The number of nitrogens with one attached hydrogen (secondary N) is 2. The molecule has 180 valence electrons. The Hall–Kier alpha value is -3.58. The summed E-state index contributed by atoms with van der Waals surface area (Å²) in [6, 6.07) is 15.5. The highest BCUT2D eigenvalue weighted by Gasteiger charge is 2.29. The van der Waals surface area contributed by atoms with Gasteiger partial charge in [0.1, 0.15) is 17.5 Å². The van der Waals surface area contributed by atoms with Crippen LogP contribution in [-0.4, -0.2) is 47.7 Å². The SMILES string of the molecule is Cc1nc(NC2CCC(NCc3ccc4c(c3)C(=O)c3ccccc3C4=O)CC2)cc(N(C)C)n1. The number of fused-ring (bicyclic) bond motifs is 2. The molecular formula is C28H31N5O2. The standard InChI is InChI=1S/C28H31N5O2/c1-17-30-25(15-26(31-17)33(2)3)32-20-11-9-19(10-12-20)29-16-18-8-13-23-24(14-18)28(35)22-7-5-4-6-21(22)27(23)34/h4-8,13-15,19-20,29H,9-12,16H2,1-3H3,(H,30,31,32). The maximum absolute atomic E-state index is 13.0. The van der Waals surface area contributed by atoms with Crippen LogP contribution in [0.1, 0.15) is 68.9 Å². The third-order valence-corrected chi connectivity index (χ3v) is 6.95. The minimum atomic E-state index is -0.0721. The molecule has 2 aromatic carbocycles. The average Bonchev–Trinajstić information content (AvgIpc) is 2.86. The molecule has 0 amide bonds. The molecule has 0 spiro atoms. The Bertz CT molecular complexity index is 1280. The highest BCUT2D eigenvalue weighted by atomic mass is 16.1. The molecule has 7 heteroatoms. The topological polar surface area (TPSA) is 87.2 Å². The molecule has 0 atom stereocenters. The van der Waals surface area contributed by atoms with Crippen LogP contribution >= 0.6 is 0 Å². The quantitative estimate of drug-likeness (QED) is 0.439. The molecule has 3 aromatic rings. The van der Waals surface area contributed by atoms with Gasteiger partial charge in [-0.2, -0.15) is 0 Å². The number of hydrogen-bond donors (Lipinski definition) is 2. The number of hydrogen-bond acceptors (Lipinski definition) is 7. The van der Waals surface area contributed by atoms with Gasteiger partial charge in [0.15, 0.2) is 11.6 Å². The number of nitrogens with zero attached hydrogens (tertiary/aromatic N) is 3. The summed E-state index contributed by atoms with van der Waals surface area (Å²) in [6.07, 6.45) is 4.26. The van der Waals surface area contributed by atoms with Crippen LogP contribution in [0.2, 0.25) is 0 Å². The van der Waals surface area contributed by atoms with Crippen LogP contribution in [0.5, 0.6) is 0 Å². The van der Waals surface area contributed by atoms with Crippen molar-refractivity contribution >= 4 is 23.2 Å². The molecule has 0 aliphatic heterocycles. The fraction of sp³-hybridized carbons (Fsp3) is 0.357. The summed E-state index contributed by atoms with van der Waals surface area (Å²) in [4.78, 5) is 36.8. The van der Waals surface area contributed by atoms with Gasteiger partial charge in [0, 0.05) is 61.0 Å². The van der Waals surface area contributed by atoms with E-state index in [1.54, 1.807) is 30.3 Å². The Morgan fingerprint density at radius 1 is 0.829 bits per heavy atom. The van der Waals surface area contributed by atoms with Crippen molar-refractivity contribution in [2.24, 2.45) is 0 Å². The minimum Gasteiger partial charge on any atom is -0.367 e. The van der Waals surface area contributed by atoms with Crippen LogP contribution in [0.25, 0.3) is 0 Å². The highest BCUT2D eigenvalue weighted by Crippen LogP contribution is 2.28. The molecule has 35 heavy (non-hydrogen) atoms. The highest BCUT2D eigenvalue weighted by molar-refractivity contribution is 6.28. The van der Waals surface area contributed by atoms with E-state index in [1.165, 1.54) is 0 Å². The summed E-state index contributed by atoms with van der Waals surface area (Å²) in [6.45, 7) is 2.60. The second-order valence-corrected chi connectivity index (χ2v) is 9.71. The average molecular weight is 470 g/mol. The van der Waals surface area contributed by atoms with Gasteiger partial charge in [-0.15, -0.1) is 0 Å². The first kappa shape index (κ1) is 23.2. The molecule has 2 N–H and O–H groups in total. The monoisotopic (exact) mass is 469 g/mol. The summed E-state index contributed by atoms with van der Waals surface area (Å²) in [5, 5.41) is 7.24. The lowest BCUT2D eigenvalue weighted by molar-refractivity contribution is 0.0979. The number of carbonyl (C=O) groups excluding carboxylic acids is 2. The van der Waals surface area contributed by atoms with Crippen LogP contribution in [0, 0.1) is 6.92 Å². The van der Waals surface area contributed by atoms with Crippen molar-refractivity contribution in [3.63, 3.8) is 0 Å². The van der Waals surface area contributed by atoms with Crippen molar-refractivity contribution in [2.45, 2.75) is 51.2 Å². The van der Waals surface area contributed by atoms with Crippen LogP contribution in [0.4, 0.5) is 11.6 Å². The van der Waals surface area contributed by atoms with Crippen molar-refractivity contribution < 1.29 is 9.59 Å². The lowest BCUT2D eigenvalue weighted by Crippen LogP contribution is -2.36. The molecule has 0 saturated heterocycles. The first-order valence-electron chi connectivity index (χ1n) is 12.2. The Balaban J connectivity index is 1.17. The Morgan fingerprint density at radius 2 is 1.46 bits per heavy atom. The molecule has 2 aliphatic carbocycles. The second kappa shape index (κ2) is 9.58. The minimum absolute atomic E-state index is 0.0685. The fourth-order valence-corrected chi connectivity index (χ4v) is 5.02. The second-order valence-electron chi connectivity index (χ2n) is 9.71. The molecule has 0 radical (unpaired) electrons. The van der Waals surface area contributed by atoms with E-state index in [0.29, 0.717) is 40.9 Å². The summed E-state index contributed by atoms with van der Waals surface area (Å²) in [7, 11) is 3.97. The third kappa shape index (κ3) is 4.82. The lowest BCUT2D eigenvalue weighted by Gasteiger charge is -2.30. The molecule has 1 saturated carbocycles. The predicted molar refractivity (Wildman–Crippen MR) is 137 cm³/mol. The van der Waals surface area contributed by atoms with E-state index in [9.17, 15) is 9.59 Å². The summed E-state index contributed by atoms with van der Waals surface area (Å²) in [5.74, 6) is 2.41. The summed E-state index contributed by atoms with van der Waals surface area (Å²) >= 11 is 0. The van der Waals surface area contributed by atoms with Crippen molar-refractivity contribution in [3.8, 4) is 0 Å². The van der Waals surface area contributed by atoms with E-state index in [-0.39, 0.29) is 11.6 Å². The normalized spacial score (nSPS) is 19.2. The van der Waals surface area contributed by atoms with E-state index in [4.69, 9.17) is 0 Å². The van der Waals surface area contributed by atoms with Gasteiger partial charge in [-0.25, -0.2) is 9.97 Å². The molecule has 1 aromatic heterocycles. The van der Waals surface area contributed by atoms with Crippen molar-refractivity contribution in [3.05, 3.63) is 82.2 Å². The number of anilines is 2. The maximum atomic E-state index is 13.0. The summed E-state index contributed by atoms with van der Waals surface area (Å²) < 4.78 is 0. The number of aryl methyl sites for hydroxylation is 1. The van der Waals surface area contributed by atoms with Gasteiger partial charge in [-0.05, 0) is 50.3 Å². The molecule has 7 nitrogen and oxygen atoms in total. The lowest BCUT2D eigenvalue weighted by atomic mass is 9.83. The number of benzene rings is 2. The van der Waals surface area contributed by atoms with Crippen LogP contribution in [0.15, 0.2) is 48.5 Å². The van der Waals surface area contributed by atoms with Gasteiger partial charge in [0.2, 0.25) is 0 Å². The van der Waals surface area contributed by atoms with Crippen LogP contribution in [0.3, 0.4) is 0 Å². The number of rotatable bonds is 6. The largest absolute Gasteiger partial charge is 0.367 e. The van der Waals surface area contributed by atoms with Crippen molar-refractivity contribution in [1.29, 1.82) is 0 Å². The Kier molecular flexibility index (Phi) is 6.34. The van der Waals surface area contributed by atoms with Gasteiger partial charge in [-0.1, -0.05) is 30.3 Å². The van der Waals surface area contributed by atoms with E-state index in [1.807, 2.05) is 44.1 Å². The number of carbonyl (C=O) groups is 2. The molecule has 0 unspecified atom stereocenters. The molecule has 1 fully saturated rings. The van der Waals surface area contributed by atoms with Gasteiger partial charge in [0.05, 0.1) is 0 Å². The van der Waals surface area contributed by atoms with Gasteiger partial charge < -0.3 is 15.5 Å². The molecule has 0 bridgehead atoms.